The normalized spacial score (nSPS) is 35.0. The average molecular weight is 762 g/mol. The van der Waals surface area contributed by atoms with E-state index in [4.69, 9.17) is 18.9 Å². The van der Waals surface area contributed by atoms with Crippen molar-refractivity contribution in [1.82, 2.24) is 5.32 Å². The van der Waals surface area contributed by atoms with Crippen molar-refractivity contribution in [2.24, 2.45) is 28.1 Å². The summed E-state index contributed by atoms with van der Waals surface area (Å²) in [6.45, 7) is 16.1. The van der Waals surface area contributed by atoms with Gasteiger partial charge in [-0.2, -0.15) is 0 Å². The van der Waals surface area contributed by atoms with Crippen LogP contribution in [0.1, 0.15) is 97.1 Å². The van der Waals surface area contributed by atoms with Crippen molar-refractivity contribution < 1.29 is 53.4 Å². The Morgan fingerprint density at radius 3 is 2.13 bits per heavy atom. The summed E-state index contributed by atoms with van der Waals surface area (Å²) in [6.07, 6.45) is -6.98. The number of esters is 2. The molecular formula is C43H55NO11. The lowest BCUT2D eigenvalue weighted by Gasteiger charge is -2.68. The predicted octanol–water partition coefficient (Wildman–Crippen LogP) is 5.24. The van der Waals surface area contributed by atoms with E-state index in [9.17, 15) is 29.7 Å². The number of alkyl carbamates (subject to hydrolysis) is 1. The van der Waals surface area contributed by atoms with E-state index >= 15 is 4.79 Å². The molecule has 6 rings (SSSR count). The van der Waals surface area contributed by atoms with Gasteiger partial charge in [0.25, 0.3) is 0 Å². The van der Waals surface area contributed by atoms with Gasteiger partial charge in [-0.1, -0.05) is 76.2 Å². The summed E-state index contributed by atoms with van der Waals surface area (Å²) >= 11 is 0. The maximum atomic E-state index is 15.1. The minimum absolute atomic E-state index is 0.131. The minimum atomic E-state index is -1.90. The number of hydrogen-bond donors (Lipinski definition) is 4. The summed E-state index contributed by atoms with van der Waals surface area (Å²) < 4.78 is 23.7. The highest BCUT2D eigenvalue weighted by Gasteiger charge is 2.73. The van der Waals surface area contributed by atoms with E-state index < -0.39 is 99.7 Å². The Balaban J connectivity index is 1.38. The first kappa shape index (κ1) is 40.6. The zero-order valence-corrected chi connectivity index (χ0v) is 33.1. The molecule has 1 aliphatic heterocycles. The topological polar surface area (TPSA) is 178 Å². The highest BCUT2D eigenvalue weighted by Crippen LogP contribution is 2.67. The molecule has 0 spiro atoms. The second-order valence-corrected chi connectivity index (χ2v) is 17.9. The molecule has 11 atom stereocenters. The van der Waals surface area contributed by atoms with Crippen molar-refractivity contribution in [2.75, 3.05) is 6.61 Å². The lowest BCUT2D eigenvalue weighted by Crippen LogP contribution is -2.75. The summed E-state index contributed by atoms with van der Waals surface area (Å²) in [6, 6.07) is 15.6. The number of Topliss-reactive ketones (excluding diaryl/α,β-unsaturated/α-hetero) is 1. The molecule has 1 saturated heterocycles. The summed E-state index contributed by atoms with van der Waals surface area (Å²) in [5.74, 6) is -3.62. The maximum Gasteiger partial charge on any atom is 0.408 e. The van der Waals surface area contributed by atoms with E-state index in [2.05, 4.69) is 5.32 Å². The van der Waals surface area contributed by atoms with Gasteiger partial charge in [0.05, 0.1) is 35.3 Å². The number of hydrogen-bond acceptors (Lipinski definition) is 11. The third kappa shape index (κ3) is 6.68. The van der Waals surface area contributed by atoms with Crippen LogP contribution >= 0.6 is 0 Å². The van der Waals surface area contributed by atoms with Crippen LogP contribution in [0.15, 0.2) is 71.8 Å². The van der Waals surface area contributed by atoms with Crippen LogP contribution in [-0.4, -0.2) is 87.5 Å². The van der Waals surface area contributed by atoms with Crippen molar-refractivity contribution >= 4 is 23.8 Å². The smallest absolute Gasteiger partial charge is 0.408 e. The molecule has 1 heterocycles. The summed E-state index contributed by atoms with van der Waals surface area (Å²) in [4.78, 5) is 55.4. The second-order valence-electron chi connectivity index (χ2n) is 17.9. The Hall–Kier alpha value is -4.10. The van der Waals surface area contributed by atoms with Gasteiger partial charge < -0.3 is 39.6 Å². The number of ketones is 1. The molecule has 4 N–H and O–H groups in total. The van der Waals surface area contributed by atoms with Crippen LogP contribution in [0.5, 0.6) is 0 Å². The second kappa shape index (κ2) is 14.1. The zero-order chi connectivity index (χ0) is 40.5. The minimum Gasteiger partial charge on any atom is -0.458 e. The van der Waals surface area contributed by atoms with E-state index in [1.807, 2.05) is 13.8 Å². The first-order valence-electron chi connectivity index (χ1n) is 19.0. The Bertz CT molecular complexity index is 1850. The highest BCUT2D eigenvalue weighted by molar-refractivity contribution is 5.94. The summed E-state index contributed by atoms with van der Waals surface area (Å²) in [5, 5.41) is 39.5. The van der Waals surface area contributed by atoms with Gasteiger partial charge in [-0.15, -0.1) is 0 Å². The first-order valence-corrected chi connectivity index (χ1v) is 19.0. The molecule has 1 unspecified atom stereocenters. The molecule has 3 aliphatic carbocycles. The van der Waals surface area contributed by atoms with Gasteiger partial charge in [0, 0.05) is 23.7 Å². The SMILES string of the molecule is CC1=C2[C@@H](O)C(=O)[C@@]3(C)C([C@H](C)[C@](O)(C[C@@H]1OC(=O)[C@H](O)[C@@H](NC(=O)OC(C)(C)C)c1ccccc1)C2(C)C)[C@]1(C)CO[C@@H]1C[C@@H]3OC(=O)c1ccccc1. The molecule has 2 bridgehead atoms. The van der Waals surface area contributed by atoms with E-state index in [1.165, 1.54) is 0 Å². The fraction of sp³-hybridized carbons (Fsp3) is 0.581. The summed E-state index contributed by atoms with van der Waals surface area (Å²) in [5.41, 5.74) is -4.57. The van der Waals surface area contributed by atoms with Crippen molar-refractivity contribution in [3.63, 3.8) is 0 Å². The van der Waals surface area contributed by atoms with E-state index in [1.54, 1.807) is 109 Å². The van der Waals surface area contributed by atoms with E-state index in [0.717, 1.165) is 0 Å². The molecule has 298 valence electrons. The quantitative estimate of drug-likeness (QED) is 0.165. The highest BCUT2D eigenvalue weighted by atomic mass is 16.6. The Labute approximate surface area is 322 Å². The Morgan fingerprint density at radius 2 is 1.56 bits per heavy atom. The van der Waals surface area contributed by atoms with Gasteiger partial charge in [0.2, 0.25) is 0 Å². The number of amides is 1. The van der Waals surface area contributed by atoms with Gasteiger partial charge >= 0.3 is 18.0 Å². The molecular weight excluding hydrogens is 706 g/mol. The molecule has 0 aromatic heterocycles. The maximum absolute atomic E-state index is 15.1. The standard InChI is InChI=1S/C43H55NO11/c1-23-27(53-37(49)33(46)31(25-16-12-10-13-17-25)44-38(50)55-39(3,4)5)21-43(51)24(2)34-41(8)22-52-28(41)20-29(54-36(48)26-18-14-11-15-19-26)42(34,9)35(47)32(45)30(23)40(43,6)7/h10-19,24,27-29,31-34,45-46,51H,20-22H2,1-9H3,(H,44,50)/t24-,27-,28+,29-,31-,32+,33+,34?,41+,42+,43+/m0/s1. The van der Waals surface area contributed by atoms with Gasteiger partial charge in [-0.05, 0) is 75.3 Å². The number of ether oxygens (including phenoxy) is 4. The van der Waals surface area contributed by atoms with Crippen molar-refractivity contribution in [3.8, 4) is 0 Å². The van der Waals surface area contributed by atoms with Gasteiger partial charge in [-0.3, -0.25) is 4.79 Å². The molecule has 2 aromatic carbocycles. The number of carbonyl (C=O) groups excluding carboxylic acids is 4. The molecule has 4 aliphatic rings. The van der Waals surface area contributed by atoms with Crippen LogP contribution in [0.2, 0.25) is 0 Å². The van der Waals surface area contributed by atoms with Crippen LogP contribution in [0.25, 0.3) is 0 Å². The lowest BCUT2D eigenvalue weighted by molar-refractivity contribution is -0.301. The number of fused-ring (bicyclic) bond motifs is 5. The lowest BCUT2D eigenvalue weighted by atomic mass is 9.40. The van der Waals surface area contributed by atoms with E-state index in [-0.39, 0.29) is 18.4 Å². The van der Waals surface area contributed by atoms with Crippen LogP contribution in [0, 0.1) is 28.1 Å². The predicted molar refractivity (Wildman–Crippen MR) is 200 cm³/mol. The Kier molecular flexibility index (Phi) is 10.4. The van der Waals surface area contributed by atoms with Crippen LogP contribution in [0.4, 0.5) is 4.79 Å². The summed E-state index contributed by atoms with van der Waals surface area (Å²) in [7, 11) is 0. The van der Waals surface area contributed by atoms with Gasteiger partial charge in [0.15, 0.2) is 11.9 Å². The van der Waals surface area contributed by atoms with Crippen LogP contribution in [-0.2, 0) is 28.5 Å². The third-order valence-corrected chi connectivity index (χ3v) is 13.2. The number of aliphatic hydroxyl groups is 3. The zero-order valence-electron chi connectivity index (χ0n) is 33.1. The van der Waals surface area contributed by atoms with E-state index in [0.29, 0.717) is 23.3 Å². The fourth-order valence-corrected chi connectivity index (χ4v) is 10.3. The van der Waals surface area contributed by atoms with Crippen molar-refractivity contribution in [2.45, 2.75) is 123 Å². The molecule has 3 fully saturated rings. The molecule has 2 aromatic rings. The van der Waals surface area contributed by atoms with Crippen molar-refractivity contribution in [1.29, 1.82) is 0 Å². The van der Waals surface area contributed by atoms with Crippen molar-refractivity contribution in [3.05, 3.63) is 82.9 Å². The average Bonchev–Trinajstić information content (AvgIpc) is 3.12. The number of aliphatic hydroxyl groups excluding tert-OH is 2. The largest absolute Gasteiger partial charge is 0.458 e. The third-order valence-electron chi connectivity index (χ3n) is 13.2. The number of rotatable bonds is 7. The number of nitrogens with one attached hydrogen (secondary N) is 1. The van der Waals surface area contributed by atoms with Gasteiger partial charge in [0.1, 0.15) is 23.9 Å². The molecule has 1 amide bonds. The molecule has 55 heavy (non-hydrogen) atoms. The first-order chi connectivity index (χ1) is 25.6. The van der Waals surface area contributed by atoms with Crippen LogP contribution < -0.4 is 5.32 Å². The molecule has 12 heteroatoms. The number of carbonyl (C=O) groups is 4. The fourth-order valence-electron chi connectivity index (χ4n) is 10.3. The molecule has 0 radical (unpaired) electrons. The molecule has 2 saturated carbocycles. The van der Waals surface area contributed by atoms with Crippen LogP contribution in [0.3, 0.4) is 0 Å². The Morgan fingerprint density at radius 1 is 0.964 bits per heavy atom. The number of benzene rings is 2. The molecule has 12 nitrogen and oxygen atoms in total. The monoisotopic (exact) mass is 761 g/mol. The van der Waals surface area contributed by atoms with Gasteiger partial charge in [-0.25, -0.2) is 14.4 Å².